The van der Waals surface area contributed by atoms with Crippen molar-refractivity contribution in [2.75, 3.05) is 12.8 Å². The van der Waals surface area contributed by atoms with Gasteiger partial charge in [0.15, 0.2) is 0 Å². The van der Waals surface area contributed by atoms with Crippen LogP contribution >= 0.6 is 15.9 Å². The number of nitrogens with one attached hydrogen (secondary N) is 1. The first-order valence-electron chi connectivity index (χ1n) is 5.28. The lowest BCUT2D eigenvalue weighted by molar-refractivity contribution is 0.0953. The molecule has 1 aromatic carbocycles. The van der Waals surface area contributed by atoms with Gasteiger partial charge in [-0.05, 0) is 47.5 Å². The molecule has 2 unspecified atom stereocenters. The Hall–Kier alpha value is -0.680. The fourth-order valence-corrected chi connectivity index (χ4v) is 2.24. The second-order valence-corrected chi connectivity index (χ2v) is 6.66. The Kier molecular flexibility index (Phi) is 5.33. The summed E-state index contributed by atoms with van der Waals surface area (Å²) in [6, 6.07) is 5.57. The van der Waals surface area contributed by atoms with Gasteiger partial charge in [-0.1, -0.05) is 6.07 Å². The molecule has 1 aromatic rings. The summed E-state index contributed by atoms with van der Waals surface area (Å²) < 4.78 is 11.9. The molecule has 0 radical (unpaired) electrons. The lowest BCUT2D eigenvalue weighted by Gasteiger charge is -2.11. The number of rotatable bonds is 4. The van der Waals surface area contributed by atoms with Crippen molar-refractivity contribution in [2.24, 2.45) is 0 Å². The van der Waals surface area contributed by atoms with E-state index in [1.165, 1.54) is 0 Å². The van der Waals surface area contributed by atoms with Crippen LogP contribution in [0.3, 0.4) is 0 Å². The standard InChI is InChI=1S/C12H16BrNO2S/c1-8-4-5-10(11(13)6-8)12(15)14-7-9(2)17(3)16/h4-6,9H,7H2,1-3H3,(H,14,15). The molecule has 17 heavy (non-hydrogen) atoms. The summed E-state index contributed by atoms with van der Waals surface area (Å²) in [7, 11) is -0.919. The SMILES string of the molecule is Cc1ccc(C(=O)NCC(C)S(C)=O)c(Br)c1. The molecule has 0 bridgehead atoms. The predicted octanol–water partition coefficient (Wildman–Crippen LogP) is 2.25. The van der Waals surface area contributed by atoms with Crippen molar-refractivity contribution in [3.8, 4) is 0 Å². The van der Waals surface area contributed by atoms with Crippen molar-refractivity contribution in [3.05, 3.63) is 33.8 Å². The fraction of sp³-hybridized carbons (Fsp3) is 0.417. The number of hydrogen-bond donors (Lipinski definition) is 1. The molecule has 0 aliphatic rings. The van der Waals surface area contributed by atoms with E-state index in [2.05, 4.69) is 21.2 Å². The van der Waals surface area contributed by atoms with E-state index in [1.54, 1.807) is 12.3 Å². The van der Waals surface area contributed by atoms with Crippen molar-refractivity contribution in [2.45, 2.75) is 19.1 Å². The van der Waals surface area contributed by atoms with Crippen molar-refractivity contribution < 1.29 is 9.00 Å². The second-order valence-electron chi connectivity index (χ2n) is 4.00. The highest BCUT2D eigenvalue weighted by Gasteiger charge is 2.12. The van der Waals surface area contributed by atoms with Crippen LogP contribution < -0.4 is 5.32 Å². The van der Waals surface area contributed by atoms with Crippen molar-refractivity contribution >= 4 is 32.6 Å². The number of halogens is 1. The third-order valence-corrected chi connectivity index (χ3v) is 4.44. The Bertz CT molecular complexity index is 448. The molecular formula is C12H16BrNO2S. The van der Waals surface area contributed by atoms with Crippen molar-refractivity contribution in [3.63, 3.8) is 0 Å². The number of benzene rings is 1. The van der Waals surface area contributed by atoms with Crippen molar-refractivity contribution in [1.82, 2.24) is 5.32 Å². The maximum absolute atomic E-state index is 11.9. The summed E-state index contributed by atoms with van der Waals surface area (Å²) >= 11 is 3.36. The molecule has 94 valence electrons. The van der Waals surface area contributed by atoms with E-state index in [4.69, 9.17) is 0 Å². The topological polar surface area (TPSA) is 46.2 Å². The third kappa shape index (κ3) is 4.24. The van der Waals surface area contributed by atoms with Gasteiger partial charge in [0.2, 0.25) is 0 Å². The summed E-state index contributed by atoms with van der Waals surface area (Å²) in [6.45, 7) is 4.23. The summed E-state index contributed by atoms with van der Waals surface area (Å²) in [5.41, 5.74) is 1.70. The molecule has 0 fully saturated rings. The average Bonchev–Trinajstić information content (AvgIpc) is 2.25. The molecule has 0 heterocycles. The monoisotopic (exact) mass is 317 g/mol. The van der Waals surface area contributed by atoms with Gasteiger partial charge in [-0.15, -0.1) is 0 Å². The quantitative estimate of drug-likeness (QED) is 0.925. The van der Waals surface area contributed by atoms with Gasteiger partial charge in [0, 0.05) is 33.3 Å². The van der Waals surface area contributed by atoms with Crippen LogP contribution in [-0.4, -0.2) is 28.2 Å². The number of carbonyl (C=O) groups excluding carboxylic acids is 1. The minimum absolute atomic E-state index is 0.0387. The third-order valence-electron chi connectivity index (χ3n) is 2.49. The largest absolute Gasteiger partial charge is 0.351 e. The van der Waals surface area contributed by atoms with Crippen LogP contribution in [-0.2, 0) is 10.8 Å². The first-order chi connectivity index (χ1) is 7.91. The highest BCUT2D eigenvalue weighted by atomic mass is 79.9. The Morgan fingerprint density at radius 3 is 2.71 bits per heavy atom. The highest BCUT2D eigenvalue weighted by Crippen LogP contribution is 2.18. The number of carbonyl (C=O) groups is 1. The van der Waals surface area contributed by atoms with Gasteiger partial charge >= 0.3 is 0 Å². The highest BCUT2D eigenvalue weighted by molar-refractivity contribution is 9.10. The molecular weight excluding hydrogens is 302 g/mol. The number of hydrogen-bond acceptors (Lipinski definition) is 2. The maximum Gasteiger partial charge on any atom is 0.252 e. The van der Waals surface area contributed by atoms with Crippen LogP contribution in [0.4, 0.5) is 0 Å². The molecule has 2 atom stereocenters. The average molecular weight is 318 g/mol. The number of aryl methyl sites for hydroxylation is 1. The van der Waals surface area contributed by atoms with Gasteiger partial charge in [0.05, 0.1) is 5.56 Å². The van der Waals surface area contributed by atoms with Crippen LogP contribution in [0.1, 0.15) is 22.8 Å². The Morgan fingerprint density at radius 1 is 1.53 bits per heavy atom. The van der Waals surface area contributed by atoms with E-state index < -0.39 is 10.8 Å². The molecule has 5 heteroatoms. The number of amides is 1. The van der Waals surface area contributed by atoms with E-state index >= 15 is 0 Å². The van der Waals surface area contributed by atoms with Crippen LogP contribution in [0, 0.1) is 6.92 Å². The second kappa shape index (κ2) is 6.31. The van der Waals surface area contributed by atoms with E-state index in [0.717, 1.165) is 10.0 Å². The Labute approximate surface area is 113 Å². The van der Waals surface area contributed by atoms with Gasteiger partial charge < -0.3 is 5.32 Å². The van der Waals surface area contributed by atoms with Gasteiger partial charge in [-0.3, -0.25) is 9.00 Å². The predicted molar refractivity (Wildman–Crippen MR) is 74.7 cm³/mol. The fourth-order valence-electron chi connectivity index (χ4n) is 1.25. The van der Waals surface area contributed by atoms with E-state index in [1.807, 2.05) is 26.0 Å². The van der Waals surface area contributed by atoms with Gasteiger partial charge in [0.25, 0.3) is 5.91 Å². The van der Waals surface area contributed by atoms with Crippen LogP contribution in [0.2, 0.25) is 0 Å². The lowest BCUT2D eigenvalue weighted by Crippen LogP contribution is -2.32. The molecule has 3 nitrogen and oxygen atoms in total. The van der Waals surface area contributed by atoms with Gasteiger partial charge in [0.1, 0.15) is 0 Å². The first kappa shape index (κ1) is 14.4. The summed E-state index contributed by atoms with van der Waals surface area (Å²) in [4.78, 5) is 11.9. The summed E-state index contributed by atoms with van der Waals surface area (Å²) in [5.74, 6) is -0.144. The van der Waals surface area contributed by atoms with E-state index in [9.17, 15) is 9.00 Å². The molecule has 0 spiro atoms. The minimum atomic E-state index is -0.919. The van der Waals surface area contributed by atoms with Crippen LogP contribution in [0.25, 0.3) is 0 Å². The van der Waals surface area contributed by atoms with Crippen LogP contribution in [0.5, 0.6) is 0 Å². The van der Waals surface area contributed by atoms with Gasteiger partial charge in [-0.2, -0.15) is 0 Å². The smallest absolute Gasteiger partial charge is 0.252 e. The minimum Gasteiger partial charge on any atom is -0.351 e. The summed E-state index contributed by atoms with van der Waals surface area (Å²) in [5, 5.41) is 2.74. The summed E-state index contributed by atoms with van der Waals surface area (Å²) in [6.07, 6.45) is 1.64. The molecule has 0 aliphatic carbocycles. The van der Waals surface area contributed by atoms with Crippen molar-refractivity contribution in [1.29, 1.82) is 0 Å². The van der Waals surface area contributed by atoms with Crippen LogP contribution in [0.15, 0.2) is 22.7 Å². The zero-order valence-corrected chi connectivity index (χ0v) is 12.5. The zero-order valence-electron chi connectivity index (χ0n) is 10.1. The maximum atomic E-state index is 11.9. The molecule has 1 rings (SSSR count). The Morgan fingerprint density at radius 2 is 2.18 bits per heavy atom. The first-order valence-corrected chi connectivity index (χ1v) is 7.70. The van der Waals surface area contributed by atoms with E-state index in [-0.39, 0.29) is 11.2 Å². The normalized spacial score (nSPS) is 14.1. The lowest BCUT2D eigenvalue weighted by atomic mass is 10.1. The molecule has 0 aromatic heterocycles. The molecule has 0 aliphatic heterocycles. The van der Waals surface area contributed by atoms with E-state index in [0.29, 0.717) is 12.1 Å². The Balaban J connectivity index is 2.67. The molecule has 0 saturated carbocycles. The molecule has 0 saturated heterocycles. The molecule has 1 N–H and O–H groups in total. The van der Waals surface area contributed by atoms with Gasteiger partial charge in [-0.25, -0.2) is 0 Å². The zero-order chi connectivity index (χ0) is 13.0. The molecule has 1 amide bonds.